The lowest BCUT2D eigenvalue weighted by Crippen LogP contribution is -2.53. The van der Waals surface area contributed by atoms with Gasteiger partial charge < -0.3 is 15.4 Å². The van der Waals surface area contributed by atoms with Crippen molar-refractivity contribution >= 4 is 17.8 Å². The molecular formula is C26H37ClN4O. The van der Waals surface area contributed by atoms with Gasteiger partial charge in [0.2, 0.25) is 5.85 Å². The Balaban J connectivity index is 1.52. The molecule has 6 heteroatoms. The SMILES string of the molecule is C=CN=C/C(=C\C)CNC(C)(C)[C@]1(C)C=CC(N[C@]2(NC[C@H]3C=CC(Cl)=CC3)CO2)=CC1. The van der Waals surface area contributed by atoms with Crippen LogP contribution in [0.5, 0.6) is 0 Å². The highest BCUT2D eigenvalue weighted by Gasteiger charge is 2.46. The maximum absolute atomic E-state index is 6.02. The molecule has 0 saturated carbocycles. The molecule has 0 radical (unpaired) electrons. The summed E-state index contributed by atoms with van der Waals surface area (Å²) in [5, 5.41) is 11.6. The lowest BCUT2D eigenvalue weighted by Gasteiger charge is -2.44. The summed E-state index contributed by atoms with van der Waals surface area (Å²) in [6.45, 7) is 14.8. The third-order valence-corrected chi connectivity index (χ3v) is 7.11. The van der Waals surface area contributed by atoms with Crippen LogP contribution in [0.25, 0.3) is 0 Å². The molecule has 0 bridgehead atoms. The van der Waals surface area contributed by atoms with Gasteiger partial charge in [0, 0.05) is 47.2 Å². The molecule has 0 aromatic heterocycles. The molecule has 0 amide bonds. The predicted molar refractivity (Wildman–Crippen MR) is 135 cm³/mol. The fourth-order valence-corrected chi connectivity index (χ4v) is 3.96. The Bertz CT molecular complexity index is 876. The lowest BCUT2D eigenvalue weighted by molar-refractivity contribution is 0.190. The van der Waals surface area contributed by atoms with Crippen LogP contribution in [0, 0.1) is 11.3 Å². The highest BCUT2D eigenvalue weighted by atomic mass is 35.5. The van der Waals surface area contributed by atoms with Crippen LogP contribution in [-0.4, -0.2) is 37.3 Å². The van der Waals surface area contributed by atoms with Crippen molar-refractivity contribution in [1.82, 2.24) is 16.0 Å². The van der Waals surface area contributed by atoms with Crippen molar-refractivity contribution in [1.29, 1.82) is 0 Å². The molecule has 2 aliphatic carbocycles. The summed E-state index contributed by atoms with van der Waals surface area (Å²) in [7, 11) is 0. The van der Waals surface area contributed by atoms with E-state index in [-0.39, 0.29) is 11.0 Å². The fraction of sp³-hybridized carbons (Fsp3) is 0.500. The largest absolute Gasteiger partial charge is 0.343 e. The van der Waals surface area contributed by atoms with Crippen LogP contribution in [0.1, 0.15) is 40.5 Å². The summed E-state index contributed by atoms with van der Waals surface area (Å²) < 4.78 is 5.74. The van der Waals surface area contributed by atoms with Gasteiger partial charge in [-0.2, -0.15) is 0 Å². The van der Waals surface area contributed by atoms with Gasteiger partial charge in [-0.25, -0.2) is 0 Å². The number of allylic oxidation sites excluding steroid dienone is 6. The van der Waals surface area contributed by atoms with E-state index >= 15 is 0 Å². The number of aliphatic imine (C=N–C) groups is 1. The summed E-state index contributed by atoms with van der Waals surface area (Å²) in [5.41, 5.74) is 2.12. The maximum Gasteiger partial charge on any atom is 0.220 e. The number of hydrogen-bond donors (Lipinski definition) is 3. The second-order valence-corrected chi connectivity index (χ2v) is 9.92. The van der Waals surface area contributed by atoms with Gasteiger partial charge in [-0.3, -0.25) is 10.3 Å². The standard InChI is InChI=1S/C26H37ClN4O/c1-6-20(16-28-7-2)17-29-24(3,4)25(5)14-12-23(13-15-25)31-26(19-32-26)30-18-21-8-10-22(27)11-9-21/h6-8,10-14,16,21,29-31H,2,9,15,17-19H2,1,3-5H3/b20-6+,28-16?/t21-,25+,26+/m0/s1. The molecule has 1 fully saturated rings. The number of halogens is 1. The molecule has 0 aromatic rings. The van der Waals surface area contributed by atoms with Crippen molar-refractivity contribution in [2.24, 2.45) is 16.3 Å². The summed E-state index contributed by atoms with van der Waals surface area (Å²) in [4.78, 5) is 4.14. The molecule has 3 N–H and O–H groups in total. The molecule has 1 heterocycles. The van der Waals surface area contributed by atoms with Crippen molar-refractivity contribution in [2.45, 2.75) is 51.9 Å². The molecular weight excluding hydrogens is 420 g/mol. The molecule has 0 unspecified atom stereocenters. The third-order valence-electron chi connectivity index (χ3n) is 6.83. The van der Waals surface area contributed by atoms with Crippen LogP contribution >= 0.6 is 11.6 Å². The van der Waals surface area contributed by atoms with Gasteiger partial charge in [-0.15, -0.1) is 0 Å². The highest BCUT2D eigenvalue weighted by molar-refractivity contribution is 6.31. The van der Waals surface area contributed by atoms with E-state index in [0.29, 0.717) is 12.5 Å². The molecule has 174 valence electrons. The van der Waals surface area contributed by atoms with Crippen molar-refractivity contribution in [3.63, 3.8) is 0 Å². The predicted octanol–water partition coefficient (Wildman–Crippen LogP) is 4.93. The summed E-state index contributed by atoms with van der Waals surface area (Å²) in [6, 6.07) is 0. The van der Waals surface area contributed by atoms with E-state index in [9.17, 15) is 0 Å². The molecule has 0 spiro atoms. The van der Waals surface area contributed by atoms with E-state index in [2.05, 4.69) is 84.7 Å². The van der Waals surface area contributed by atoms with Gasteiger partial charge >= 0.3 is 0 Å². The fourth-order valence-electron chi connectivity index (χ4n) is 3.79. The average Bonchev–Trinajstić information content (AvgIpc) is 3.55. The number of rotatable bonds is 11. The minimum atomic E-state index is -0.457. The molecule has 32 heavy (non-hydrogen) atoms. The number of nitrogens with one attached hydrogen (secondary N) is 3. The van der Waals surface area contributed by atoms with E-state index in [0.717, 1.165) is 42.2 Å². The van der Waals surface area contributed by atoms with E-state index in [1.165, 1.54) is 0 Å². The van der Waals surface area contributed by atoms with Crippen molar-refractivity contribution < 1.29 is 4.74 Å². The van der Waals surface area contributed by atoms with Crippen LogP contribution in [0.4, 0.5) is 0 Å². The minimum absolute atomic E-state index is 0.0178. The van der Waals surface area contributed by atoms with E-state index in [1.54, 1.807) is 6.20 Å². The van der Waals surface area contributed by atoms with Crippen LogP contribution in [-0.2, 0) is 4.74 Å². The Morgan fingerprint density at radius 3 is 2.72 bits per heavy atom. The topological polar surface area (TPSA) is 61.0 Å². The average molecular weight is 457 g/mol. The van der Waals surface area contributed by atoms with Gasteiger partial charge in [0.05, 0.1) is 0 Å². The zero-order chi connectivity index (χ0) is 23.2. The van der Waals surface area contributed by atoms with Gasteiger partial charge in [-0.1, -0.05) is 55.5 Å². The summed E-state index contributed by atoms with van der Waals surface area (Å²) in [5.74, 6) is -0.0214. The Morgan fingerprint density at radius 2 is 2.16 bits per heavy atom. The Labute approximate surface area is 198 Å². The third kappa shape index (κ3) is 6.32. The Morgan fingerprint density at radius 1 is 1.38 bits per heavy atom. The van der Waals surface area contributed by atoms with Crippen molar-refractivity contribution in [3.05, 3.63) is 71.6 Å². The first-order valence-electron chi connectivity index (χ1n) is 11.4. The van der Waals surface area contributed by atoms with E-state index < -0.39 is 5.85 Å². The van der Waals surface area contributed by atoms with E-state index in [4.69, 9.17) is 16.3 Å². The number of ether oxygens (including phenoxy) is 1. The Hall–Kier alpha value is -1.92. The monoisotopic (exact) mass is 456 g/mol. The van der Waals surface area contributed by atoms with Gasteiger partial charge in [0.15, 0.2) is 0 Å². The van der Waals surface area contributed by atoms with Gasteiger partial charge in [-0.05, 0) is 57.3 Å². The smallest absolute Gasteiger partial charge is 0.220 e. The van der Waals surface area contributed by atoms with Crippen LogP contribution < -0.4 is 16.0 Å². The van der Waals surface area contributed by atoms with Crippen LogP contribution in [0.2, 0.25) is 0 Å². The Kier molecular flexibility index (Phi) is 7.99. The number of epoxide rings is 1. The van der Waals surface area contributed by atoms with Gasteiger partial charge in [0.1, 0.15) is 6.61 Å². The molecule has 3 atom stereocenters. The van der Waals surface area contributed by atoms with Crippen LogP contribution in [0.3, 0.4) is 0 Å². The van der Waals surface area contributed by atoms with Gasteiger partial charge in [0.25, 0.3) is 0 Å². The molecule has 1 saturated heterocycles. The van der Waals surface area contributed by atoms with Crippen LogP contribution in [0.15, 0.2) is 76.6 Å². The second kappa shape index (κ2) is 10.3. The van der Waals surface area contributed by atoms with Crippen molar-refractivity contribution in [2.75, 3.05) is 19.7 Å². The first-order valence-corrected chi connectivity index (χ1v) is 11.7. The minimum Gasteiger partial charge on any atom is -0.343 e. The maximum atomic E-state index is 6.02. The number of nitrogens with zero attached hydrogens (tertiary/aromatic N) is 1. The lowest BCUT2D eigenvalue weighted by atomic mass is 9.68. The number of hydrogen-bond acceptors (Lipinski definition) is 5. The summed E-state index contributed by atoms with van der Waals surface area (Å²) >= 11 is 6.02. The normalized spacial score (nSPS) is 30.3. The van der Waals surface area contributed by atoms with Crippen molar-refractivity contribution in [3.8, 4) is 0 Å². The first kappa shape index (κ1) is 24.7. The quantitative estimate of drug-likeness (QED) is 0.234. The summed E-state index contributed by atoms with van der Waals surface area (Å²) in [6.07, 6.45) is 20.3. The first-order chi connectivity index (χ1) is 15.2. The molecule has 3 aliphatic rings. The molecule has 0 aromatic carbocycles. The highest BCUT2D eigenvalue weighted by Crippen LogP contribution is 2.40. The molecule has 5 nitrogen and oxygen atoms in total. The molecule has 1 aliphatic heterocycles. The molecule has 3 rings (SSSR count). The van der Waals surface area contributed by atoms with E-state index in [1.807, 2.05) is 19.2 Å². The zero-order valence-electron chi connectivity index (χ0n) is 19.7. The second-order valence-electron chi connectivity index (χ2n) is 9.48. The zero-order valence-corrected chi connectivity index (χ0v) is 20.5.